The molecule has 0 amide bonds. The zero-order valence-corrected chi connectivity index (χ0v) is 12.0. The number of hydrogen-bond donors (Lipinski definition) is 1. The van der Waals surface area contributed by atoms with E-state index < -0.39 is 0 Å². The average molecular weight is 281 g/mol. The predicted octanol–water partition coefficient (Wildman–Crippen LogP) is 4.98. The van der Waals surface area contributed by atoms with Crippen LogP contribution in [0.2, 0.25) is 5.02 Å². The lowest BCUT2D eigenvalue weighted by Crippen LogP contribution is -1.85. The van der Waals surface area contributed by atoms with Gasteiger partial charge < -0.3 is 4.98 Å². The van der Waals surface area contributed by atoms with Crippen LogP contribution >= 0.6 is 11.6 Å². The summed E-state index contributed by atoms with van der Waals surface area (Å²) in [5.74, 6) is 0. The third-order valence-corrected chi connectivity index (χ3v) is 3.86. The number of aromatic amines is 1. The van der Waals surface area contributed by atoms with Gasteiger partial charge in [0.25, 0.3) is 0 Å². The van der Waals surface area contributed by atoms with E-state index in [0.29, 0.717) is 5.02 Å². The second-order valence-corrected chi connectivity index (χ2v) is 5.36. The topological polar surface area (TPSA) is 39.6 Å². The second kappa shape index (κ2) is 4.70. The van der Waals surface area contributed by atoms with E-state index in [0.717, 1.165) is 38.9 Å². The van der Waals surface area contributed by atoms with Gasteiger partial charge in [0.05, 0.1) is 5.56 Å². The van der Waals surface area contributed by atoms with E-state index >= 15 is 0 Å². The minimum atomic E-state index is 0.711. The maximum absolute atomic E-state index is 9.46. The maximum atomic E-state index is 9.46. The summed E-state index contributed by atoms with van der Waals surface area (Å²) in [5, 5.41) is 11.2. The number of aryl methyl sites for hydroxylation is 2. The van der Waals surface area contributed by atoms with E-state index in [-0.39, 0.29) is 0 Å². The van der Waals surface area contributed by atoms with E-state index in [1.165, 1.54) is 0 Å². The predicted molar refractivity (Wildman–Crippen MR) is 82.9 cm³/mol. The van der Waals surface area contributed by atoms with Gasteiger partial charge in [0, 0.05) is 27.2 Å². The van der Waals surface area contributed by atoms with Crippen LogP contribution in [0, 0.1) is 25.2 Å². The van der Waals surface area contributed by atoms with Crippen molar-refractivity contribution in [1.82, 2.24) is 4.98 Å². The van der Waals surface area contributed by atoms with Crippen molar-refractivity contribution in [3.8, 4) is 17.2 Å². The summed E-state index contributed by atoms with van der Waals surface area (Å²) in [4.78, 5) is 3.36. The Labute approximate surface area is 122 Å². The zero-order valence-electron chi connectivity index (χ0n) is 11.3. The molecule has 0 spiro atoms. The van der Waals surface area contributed by atoms with Gasteiger partial charge >= 0.3 is 0 Å². The number of halogens is 1. The molecule has 0 saturated heterocycles. The normalized spacial score (nSPS) is 10.7. The fourth-order valence-electron chi connectivity index (χ4n) is 2.64. The fourth-order valence-corrected chi connectivity index (χ4v) is 2.77. The molecule has 1 aromatic heterocycles. The zero-order chi connectivity index (χ0) is 14.3. The molecule has 98 valence electrons. The Morgan fingerprint density at radius 1 is 1.05 bits per heavy atom. The molecular weight excluding hydrogens is 268 g/mol. The molecule has 2 aromatic carbocycles. The first-order valence-corrected chi connectivity index (χ1v) is 6.77. The Bertz CT molecular complexity index is 836. The minimum Gasteiger partial charge on any atom is -0.358 e. The van der Waals surface area contributed by atoms with Gasteiger partial charge in [-0.2, -0.15) is 5.26 Å². The molecule has 1 N–H and O–H groups in total. The Morgan fingerprint density at radius 2 is 1.75 bits per heavy atom. The number of nitrogens with zero attached hydrogens (tertiary/aromatic N) is 1. The van der Waals surface area contributed by atoms with Crippen LogP contribution in [0.4, 0.5) is 0 Å². The molecule has 3 aromatic rings. The van der Waals surface area contributed by atoms with Crippen LogP contribution in [0.1, 0.15) is 16.8 Å². The molecule has 1 heterocycles. The van der Waals surface area contributed by atoms with Crippen molar-refractivity contribution in [2.75, 3.05) is 0 Å². The highest BCUT2D eigenvalue weighted by atomic mass is 35.5. The van der Waals surface area contributed by atoms with E-state index in [1.807, 2.05) is 50.2 Å². The van der Waals surface area contributed by atoms with Crippen LogP contribution in [-0.2, 0) is 0 Å². The van der Waals surface area contributed by atoms with E-state index in [4.69, 9.17) is 11.6 Å². The Kier molecular flexibility index (Phi) is 3.00. The highest BCUT2D eigenvalue weighted by Crippen LogP contribution is 2.35. The number of rotatable bonds is 1. The number of nitriles is 1. The van der Waals surface area contributed by atoms with Crippen molar-refractivity contribution >= 4 is 22.5 Å². The van der Waals surface area contributed by atoms with E-state index in [9.17, 15) is 5.26 Å². The summed E-state index contributed by atoms with van der Waals surface area (Å²) in [6, 6.07) is 14.0. The summed E-state index contributed by atoms with van der Waals surface area (Å²) in [6.45, 7) is 3.99. The molecule has 0 atom stereocenters. The standard InChI is InChI=1S/C17H13ClN2/c1-10-3-8-15-17(14(10)9-19)16(11(2)20-15)12-4-6-13(18)7-5-12/h3-8,20H,1-2H3. The van der Waals surface area contributed by atoms with Gasteiger partial charge in [-0.05, 0) is 43.2 Å². The first-order valence-electron chi connectivity index (χ1n) is 6.39. The lowest BCUT2D eigenvalue weighted by Gasteiger charge is -2.05. The molecule has 0 aliphatic carbocycles. The first-order chi connectivity index (χ1) is 9.61. The molecule has 3 heteroatoms. The molecule has 0 aliphatic heterocycles. The van der Waals surface area contributed by atoms with Crippen molar-refractivity contribution in [3.05, 3.63) is 58.2 Å². The van der Waals surface area contributed by atoms with E-state index in [2.05, 4.69) is 11.1 Å². The highest BCUT2D eigenvalue weighted by Gasteiger charge is 2.15. The van der Waals surface area contributed by atoms with Crippen molar-refractivity contribution < 1.29 is 0 Å². The van der Waals surface area contributed by atoms with Crippen LogP contribution in [0.3, 0.4) is 0 Å². The van der Waals surface area contributed by atoms with Crippen LogP contribution in [-0.4, -0.2) is 4.98 Å². The summed E-state index contributed by atoms with van der Waals surface area (Å²) < 4.78 is 0. The number of benzene rings is 2. The molecule has 0 fully saturated rings. The minimum absolute atomic E-state index is 0.711. The van der Waals surface area contributed by atoms with Crippen LogP contribution in [0.5, 0.6) is 0 Å². The quantitative estimate of drug-likeness (QED) is 0.671. The summed E-state index contributed by atoms with van der Waals surface area (Å²) in [6.07, 6.45) is 0. The van der Waals surface area contributed by atoms with Crippen molar-refractivity contribution in [2.24, 2.45) is 0 Å². The van der Waals surface area contributed by atoms with Crippen molar-refractivity contribution in [2.45, 2.75) is 13.8 Å². The molecule has 0 saturated carbocycles. The number of H-pyrrole nitrogens is 1. The highest BCUT2D eigenvalue weighted by molar-refractivity contribution is 6.30. The van der Waals surface area contributed by atoms with E-state index in [1.54, 1.807) is 0 Å². The van der Waals surface area contributed by atoms with Crippen LogP contribution in [0.15, 0.2) is 36.4 Å². The summed E-state index contributed by atoms with van der Waals surface area (Å²) in [5.41, 5.74) is 5.93. The lowest BCUT2D eigenvalue weighted by atomic mass is 9.97. The van der Waals surface area contributed by atoms with Gasteiger partial charge in [0.2, 0.25) is 0 Å². The van der Waals surface area contributed by atoms with Gasteiger partial charge in [-0.25, -0.2) is 0 Å². The number of nitrogens with one attached hydrogen (secondary N) is 1. The van der Waals surface area contributed by atoms with Crippen LogP contribution < -0.4 is 0 Å². The van der Waals surface area contributed by atoms with Crippen molar-refractivity contribution in [3.63, 3.8) is 0 Å². The van der Waals surface area contributed by atoms with Gasteiger partial charge in [-0.3, -0.25) is 0 Å². The Hall–Kier alpha value is -2.24. The number of aromatic nitrogens is 1. The molecule has 3 rings (SSSR count). The van der Waals surface area contributed by atoms with Gasteiger partial charge in [0.1, 0.15) is 6.07 Å². The van der Waals surface area contributed by atoms with Crippen molar-refractivity contribution in [1.29, 1.82) is 5.26 Å². The average Bonchev–Trinajstić information content (AvgIpc) is 2.76. The summed E-state index contributed by atoms with van der Waals surface area (Å²) in [7, 11) is 0. The molecule has 20 heavy (non-hydrogen) atoms. The second-order valence-electron chi connectivity index (χ2n) is 4.92. The third kappa shape index (κ3) is 1.88. The Balaban J connectivity index is 2.41. The van der Waals surface area contributed by atoms with Gasteiger partial charge in [0.15, 0.2) is 0 Å². The molecule has 2 nitrogen and oxygen atoms in total. The molecular formula is C17H13ClN2. The smallest absolute Gasteiger partial charge is 0.100 e. The summed E-state index contributed by atoms with van der Waals surface area (Å²) >= 11 is 5.95. The van der Waals surface area contributed by atoms with Crippen LogP contribution in [0.25, 0.3) is 22.0 Å². The number of fused-ring (bicyclic) bond motifs is 1. The Morgan fingerprint density at radius 3 is 2.40 bits per heavy atom. The SMILES string of the molecule is Cc1ccc2[nH]c(C)c(-c3ccc(Cl)cc3)c2c1C#N. The number of hydrogen-bond acceptors (Lipinski definition) is 1. The largest absolute Gasteiger partial charge is 0.358 e. The molecule has 0 radical (unpaired) electrons. The molecule has 0 bridgehead atoms. The third-order valence-electron chi connectivity index (χ3n) is 3.61. The molecule has 0 aliphatic rings. The fraction of sp³-hybridized carbons (Fsp3) is 0.118. The molecule has 0 unspecified atom stereocenters. The van der Waals surface area contributed by atoms with Gasteiger partial charge in [-0.1, -0.05) is 29.8 Å². The maximum Gasteiger partial charge on any atom is 0.100 e. The first kappa shape index (κ1) is 12.8. The lowest BCUT2D eigenvalue weighted by molar-refractivity contribution is 1.30. The monoisotopic (exact) mass is 280 g/mol. The van der Waals surface area contributed by atoms with Gasteiger partial charge in [-0.15, -0.1) is 0 Å².